The summed E-state index contributed by atoms with van der Waals surface area (Å²) in [6.07, 6.45) is 1.85. The second-order valence-corrected chi connectivity index (χ2v) is 4.44. The monoisotopic (exact) mass is 423 g/mol. The Balaban J connectivity index is 0.00000110. The van der Waals surface area contributed by atoms with E-state index in [4.69, 9.17) is 0 Å². The second kappa shape index (κ2) is 4.75. The largest absolute Gasteiger partial charge is 0.266 e. The summed E-state index contributed by atoms with van der Waals surface area (Å²) in [6, 6.07) is 22.1. The molecule has 0 aliphatic carbocycles. The van der Waals surface area contributed by atoms with Crippen molar-refractivity contribution in [2.45, 2.75) is 0 Å². The van der Waals surface area contributed by atoms with Crippen LogP contribution >= 0.6 is 0 Å². The number of hydrogen-bond acceptors (Lipinski definition) is 1. The van der Waals surface area contributed by atoms with Crippen molar-refractivity contribution in [1.82, 2.24) is 4.98 Å². The maximum Gasteiger partial charge on any atom is 0.0372 e. The minimum atomic E-state index is 0. The predicted molar refractivity (Wildman–Crippen MR) is 75.6 cm³/mol. The summed E-state index contributed by atoms with van der Waals surface area (Å²) in [5, 5.41) is 5.96. The zero-order valence-corrected chi connectivity index (χ0v) is 12.3. The number of nitrogens with zero attached hydrogens (tertiary/aromatic N) is 1. The van der Waals surface area contributed by atoms with E-state index in [-0.39, 0.29) is 21.1 Å². The van der Waals surface area contributed by atoms with Crippen LogP contribution < -0.4 is 0 Å². The average Bonchev–Trinajstić information content (AvgIpc) is 2.46. The minimum absolute atomic E-state index is 0. The third-order valence-corrected chi connectivity index (χ3v) is 3.39. The summed E-state index contributed by atoms with van der Waals surface area (Å²) in [5.41, 5.74) is 1.06. The van der Waals surface area contributed by atoms with Crippen LogP contribution in [-0.4, -0.2) is 4.98 Å². The molecule has 2 heteroatoms. The Hall–Kier alpha value is -1.72. The summed E-state index contributed by atoms with van der Waals surface area (Å²) in [7, 11) is 0. The van der Waals surface area contributed by atoms with E-state index in [2.05, 4.69) is 47.4 Å². The first-order chi connectivity index (χ1) is 8.93. The van der Waals surface area contributed by atoms with Gasteiger partial charge in [-0.25, -0.2) is 0 Å². The summed E-state index contributed by atoms with van der Waals surface area (Å²) in [4.78, 5) is 4.54. The molecule has 0 bridgehead atoms. The Bertz CT molecular complexity index is 813. The molecule has 1 nitrogen and oxygen atoms in total. The van der Waals surface area contributed by atoms with Crippen LogP contribution in [0.3, 0.4) is 0 Å². The van der Waals surface area contributed by atoms with Gasteiger partial charge in [0.25, 0.3) is 0 Å². The molecule has 94 valence electrons. The van der Waals surface area contributed by atoms with Gasteiger partial charge in [-0.05, 0) is 11.5 Å². The summed E-state index contributed by atoms with van der Waals surface area (Å²) >= 11 is 0. The smallest absolute Gasteiger partial charge is 0.0372 e. The molecule has 0 radical (unpaired) electrons. The van der Waals surface area contributed by atoms with Gasteiger partial charge in [0.1, 0.15) is 0 Å². The third kappa shape index (κ3) is 1.86. The fourth-order valence-corrected chi connectivity index (χ4v) is 2.55. The molecule has 0 atom stereocenters. The van der Waals surface area contributed by atoms with Crippen molar-refractivity contribution in [3.63, 3.8) is 0 Å². The van der Waals surface area contributed by atoms with Gasteiger partial charge in [-0.15, -0.1) is 35.0 Å². The van der Waals surface area contributed by atoms with E-state index in [1.165, 1.54) is 21.5 Å². The van der Waals surface area contributed by atoms with Gasteiger partial charge in [-0.3, -0.25) is 4.98 Å². The molecule has 3 aromatic carbocycles. The molecule has 4 rings (SSSR count). The maximum absolute atomic E-state index is 4.54. The molecule has 0 fully saturated rings. The fraction of sp³-hybridized carbons (Fsp3) is 0. The Labute approximate surface area is 125 Å². The molecule has 0 N–H and O–H groups in total. The first kappa shape index (κ1) is 12.3. The average molecular weight is 423 g/mol. The molecule has 1 aromatic heterocycles. The summed E-state index contributed by atoms with van der Waals surface area (Å²) in [5.74, 6) is 0. The second-order valence-electron chi connectivity index (χ2n) is 4.44. The zero-order chi connectivity index (χ0) is 11.9. The summed E-state index contributed by atoms with van der Waals surface area (Å²) < 4.78 is 0. The van der Waals surface area contributed by atoms with Crippen LogP contribution in [0.15, 0.2) is 60.8 Å². The topological polar surface area (TPSA) is 12.9 Å². The van der Waals surface area contributed by atoms with Gasteiger partial charge in [0.05, 0.1) is 0 Å². The van der Waals surface area contributed by atoms with Gasteiger partial charge in [0.15, 0.2) is 0 Å². The van der Waals surface area contributed by atoms with E-state index in [1.54, 1.807) is 0 Å². The van der Waals surface area contributed by atoms with Crippen molar-refractivity contribution in [2.24, 2.45) is 0 Å². The molecular weight excluding hydrogens is 413 g/mol. The molecule has 4 aromatic rings. The van der Waals surface area contributed by atoms with Crippen molar-refractivity contribution in [3.05, 3.63) is 66.9 Å². The molecule has 0 saturated heterocycles. The predicted octanol–water partition coefficient (Wildman–Crippen LogP) is 4.34. The third-order valence-electron chi connectivity index (χ3n) is 3.39. The molecular formula is C17H10NPt-. The normalized spacial score (nSPS) is 10.7. The van der Waals surface area contributed by atoms with Crippen molar-refractivity contribution in [2.75, 3.05) is 0 Å². The molecule has 19 heavy (non-hydrogen) atoms. The fourth-order valence-electron chi connectivity index (χ4n) is 2.55. The number of rotatable bonds is 0. The molecule has 0 aliphatic rings. The molecule has 0 saturated carbocycles. The standard InChI is InChI=1S/C17H10N.Pt/c1-2-6-15-12(4-1)7-8-13-9-10-14-5-3-11-18-17(14)16(13)15;/h1-5,7-11H;/q-1;. The minimum Gasteiger partial charge on any atom is -0.266 e. The Morgan fingerprint density at radius 3 is 2.42 bits per heavy atom. The van der Waals surface area contributed by atoms with Crippen LogP contribution in [0, 0.1) is 6.07 Å². The van der Waals surface area contributed by atoms with Crippen LogP contribution in [0.5, 0.6) is 0 Å². The van der Waals surface area contributed by atoms with E-state index >= 15 is 0 Å². The van der Waals surface area contributed by atoms with Gasteiger partial charge in [-0.1, -0.05) is 41.1 Å². The van der Waals surface area contributed by atoms with Crippen LogP contribution in [-0.2, 0) is 21.1 Å². The van der Waals surface area contributed by atoms with Crippen molar-refractivity contribution < 1.29 is 21.1 Å². The van der Waals surface area contributed by atoms with E-state index in [1.807, 2.05) is 24.4 Å². The SMILES string of the molecule is [Pt].[c-]1cccc2ccc3ccc4cccnc4c3c12. The van der Waals surface area contributed by atoms with Crippen LogP contribution in [0.4, 0.5) is 0 Å². The van der Waals surface area contributed by atoms with Crippen molar-refractivity contribution >= 4 is 32.4 Å². The molecule has 0 amide bonds. The van der Waals surface area contributed by atoms with Gasteiger partial charge in [0, 0.05) is 32.8 Å². The van der Waals surface area contributed by atoms with Crippen LogP contribution in [0.2, 0.25) is 0 Å². The van der Waals surface area contributed by atoms with Gasteiger partial charge >= 0.3 is 0 Å². The van der Waals surface area contributed by atoms with Crippen LogP contribution in [0.25, 0.3) is 32.4 Å². The van der Waals surface area contributed by atoms with E-state index in [9.17, 15) is 0 Å². The number of benzene rings is 3. The first-order valence-corrected chi connectivity index (χ1v) is 6.00. The zero-order valence-electron chi connectivity index (χ0n) is 10.0. The molecule has 1 heterocycles. The number of hydrogen-bond donors (Lipinski definition) is 0. The molecule has 0 spiro atoms. The van der Waals surface area contributed by atoms with E-state index < -0.39 is 0 Å². The van der Waals surface area contributed by atoms with E-state index in [0.717, 1.165) is 10.9 Å². The number of fused-ring (bicyclic) bond motifs is 5. The Kier molecular flexibility index (Phi) is 3.08. The van der Waals surface area contributed by atoms with Gasteiger partial charge in [0.2, 0.25) is 0 Å². The number of pyridine rings is 1. The Morgan fingerprint density at radius 1 is 0.789 bits per heavy atom. The maximum atomic E-state index is 4.54. The van der Waals surface area contributed by atoms with E-state index in [0.29, 0.717) is 0 Å². The number of aromatic nitrogens is 1. The first-order valence-electron chi connectivity index (χ1n) is 6.00. The summed E-state index contributed by atoms with van der Waals surface area (Å²) in [6.45, 7) is 0. The van der Waals surface area contributed by atoms with Gasteiger partial charge < -0.3 is 0 Å². The molecule has 0 unspecified atom stereocenters. The van der Waals surface area contributed by atoms with Gasteiger partial charge in [-0.2, -0.15) is 0 Å². The Morgan fingerprint density at radius 2 is 1.53 bits per heavy atom. The van der Waals surface area contributed by atoms with Crippen molar-refractivity contribution in [3.8, 4) is 0 Å². The van der Waals surface area contributed by atoms with Crippen LogP contribution in [0.1, 0.15) is 0 Å². The molecule has 0 aliphatic heterocycles. The quantitative estimate of drug-likeness (QED) is 0.303. The van der Waals surface area contributed by atoms with Crippen molar-refractivity contribution in [1.29, 1.82) is 0 Å².